The van der Waals surface area contributed by atoms with Gasteiger partial charge in [0.25, 0.3) is 0 Å². The van der Waals surface area contributed by atoms with Gasteiger partial charge in [-0.1, -0.05) is 26.0 Å². The molecule has 1 rings (SSSR count). The van der Waals surface area contributed by atoms with Gasteiger partial charge in [-0.2, -0.15) is 0 Å². The van der Waals surface area contributed by atoms with Crippen molar-refractivity contribution in [2.24, 2.45) is 0 Å². The van der Waals surface area contributed by atoms with Crippen LogP contribution in [0.25, 0.3) is 0 Å². The first-order chi connectivity index (χ1) is 5.83. The molecule has 0 aromatic carbocycles. The molecule has 1 atom stereocenters. The third kappa shape index (κ3) is 4.52. The Morgan fingerprint density at radius 3 is 2.67 bits per heavy atom. The molecule has 2 nitrogen and oxygen atoms in total. The van der Waals surface area contributed by atoms with Gasteiger partial charge in [0.05, 0.1) is 6.61 Å². The quantitative estimate of drug-likeness (QED) is 0.655. The number of rotatable bonds is 3. The highest BCUT2D eigenvalue weighted by Crippen LogP contribution is 2.09. The summed E-state index contributed by atoms with van der Waals surface area (Å²) in [5, 5.41) is 3.32. The topological polar surface area (TPSA) is 21.3 Å². The first kappa shape index (κ1) is 11.7. The lowest BCUT2D eigenvalue weighted by atomic mass is 10.2. The molecule has 1 aliphatic heterocycles. The fourth-order valence-corrected chi connectivity index (χ4v) is 1.16. The van der Waals surface area contributed by atoms with Gasteiger partial charge < -0.3 is 10.1 Å². The average Bonchev–Trinajstić information content (AvgIpc) is 2.51. The van der Waals surface area contributed by atoms with Gasteiger partial charge in [0.1, 0.15) is 0 Å². The van der Waals surface area contributed by atoms with Crippen molar-refractivity contribution < 1.29 is 4.74 Å². The molecule has 0 spiro atoms. The lowest BCUT2D eigenvalue weighted by Crippen LogP contribution is -2.26. The lowest BCUT2D eigenvalue weighted by Gasteiger charge is -2.07. The maximum Gasteiger partial charge on any atom is 0.0622 e. The van der Waals surface area contributed by atoms with Gasteiger partial charge in [-0.05, 0) is 13.3 Å². The van der Waals surface area contributed by atoms with Crippen molar-refractivity contribution in [1.29, 1.82) is 0 Å². The van der Waals surface area contributed by atoms with Gasteiger partial charge in [-0.15, -0.1) is 0 Å². The molecular weight excluding hydrogens is 150 g/mol. The molecule has 1 unspecified atom stereocenters. The van der Waals surface area contributed by atoms with E-state index in [1.807, 2.05) is 20.8 Å². The Labute approximate surface area is 76.0 Å². The standard InChI is InChI=1S/C8H15NO.C2H6/c1-3-10-6-8-4-7(2)5-9-8;1-2/h8-9H,2-6H2,1H3;1-2H3. The molecule has 1 saturated heterocycles. The molecule has 0 saturated carbocycles. The van der Waals surface area contributed by atoms with Crippen molar-refractivity contribution in [3.63, 3.8) is 0 Å². The molecule has 2 heteroatoms. The van der Waals surface area contributed by atoms with E-state index in [2.05, 4.69) is 11.9 Å². The van der Waals surface area contributed by atoms with Crippen LogP contribution >= 0.6 is 0 Å². The summed E-state index contributed by atoms with van der Waals surface area (Å²) in [6.45, 7) is 12.5. The van der Waals surface area contributed by atoms with Crippen LogP contribution in [0, 0.1) is 0 Å². The third-order valence-electron chi connectivity index (χ3n) is 1.70. The van der Waals surface area contributed by atoms with E-state index in [9.17, 15) is 0 Å². The van der Waals surface area contributed by atoms with E-state index < -0.39 is 0 Å². The summed E-state index contributed by atoms with van der Waals surface area (Å²) in [5.41, 5.74) is 1.30. The first-order valence-corrected chi connectivity index (χ1v) is 4.80. The summed E-state index contributed by atoms with van der Waals surface area (Å²) in [5.74, 6) is 0. The highest BCUT2D eigenvalue weighted by Gasteiger charge is 2.15. The van der Waals surface area contributed by atoms with Crippen LogP contribution < -0.4 is 5.32 Å². The molecular formula is C10H21NO. The minimum atomic E-state index is 0.521. The molecule has 0 bridgehead atoms. The highest BCUT2D eigenvalue weighted by molar-refractivity contribution is 5.06. The molecule has 72 valence electrons. The fraction of sp³-hybridized carbons (Fsp3) is 0.800. The van der Waals surface area contributed by atoms with E-state index >= 15 is 0 Å². The largest absolute Gasteiger partial charge is 0.380 e. The Hall–Kier alpha value is -0.340. The van der Waals surface area contributed by atoms with Crippen molar-refractivity contribution in [2.45, 2.75) is 33.2 Å². The van der Waals surface area contributed by atoms with Crippen molar-refractivity contribution >= 4 is 0 Å². The summed E-state index contributed by atoms with van der Waals surface area (Å²) in [7, 11) is 0. The van der Waals surface area contributed by atoms with E-state index in [1.165, 1.54) is 5.57 Å². The van der Waals surface area contributed by atoms with Gasteiger partial charge in [-0.3, -0.25) is 0 Å². The highest BCUT2D eigenvalue weighted by atomic mass is 16.5. The number of hydrogen-bond acceptors (Lipinski definition) is 2. The predicted octanol–water partition coefficient (Wildman–Crippen LogP) is 1.97. The van der Waals surface area contributed by atoms with Crippen molar-refractivity contribution in [2.75, 3.05) is 19.8 Å². The van der Waals surface area contributed by atoms with Crippen molar-refractivity contribution in [3.8, 4) is 0 Å². The smallest absolute Gasteiger partial charge is 0.0622 e. The number of nitrogens with one attached hydrogen (secondary N) is 1. The van der Waals surface area contributed by atoms with Crippen LogP contribution in [0.1, 0.15) is 27.2 Å². The molecule has 0 radical (unpaired) electrons. The van der Waals surface area contributed by atoms with Crippen molar-refractivity contribution in [1.82, 2.24) is 5.32 Å². The fourth-order valence-electron chi connectivity index (χ4n) is 1.16. The minimum Gasteiger partial charge on any atom is -0.380 e. The van der Waals surface area contributed by atoms with Crippen LogP contribution in [0.4, 0.5) is 0 Å². The van der Waals surface area contributed by atoms with E-state index in [4.69, 9.17) is 4.74 Å². The molecule has 0 aromatic heterocycles. The maximum absolute atomic E-state index is 5.26. The zero-order valence-electron chi connectivity index (χ0n) is 8.52. The molecule has 12 heavy (non-hydrogen) atoms. The zero-order valence-corrected chi connectivity index (χ0v) is 8.52. The second-order valence-corrected chi connectivity index (χ2v) is 2.69. The molecule has 1 heterocycles. The van der Waals surface area contributed by atoms with Crippen LogP contribution in [0.3, 0.4) is 0 Å². The van der Waals surface area contributed by atoms with Crippen LogP contribution in [0.5, 0.6) is 0 Å². The van der Waals surface area contributed by atoms with E-state index in [-0.39, 0.29) is 0 Å². The molecule has 0 amide bonds. The normalized spacial score (nSPS) is 21.9. The summed E-state index contributed by atoms with van der Waals surface area (Å²) >= 11 is 0. The Kier molecular flexibility index (Phi) is 7.11. The summed E-state index contributed by atoms with van der Waals surface area (Å²) in [4.78, 5) is 0. The third-order valence-corrected chi connectivity index (χ3v) is 1.70. The van der Waals surface area contributed by atoms with E-state index in [1.54, 1.807) is 0 Å². The monoisotopic (exact) mass is 171 g/mol. The molecule has 0 aliphatic carbocycles. The molecule has 1 fully saturated rings. The molecule has 1 aliphatic rings. The van der Waals surface area contributed by atoms with Crippen LogP contribution in [0.15, 0.2) is 12.2 Å². The van der Waals surface area contributed by atoms with Crippen LogP contribution in [-0.4, -0.2) is 25.8 Å². The van der Waals surface area contributed by atoms with Gasteiger partial charge >= 0.3 is 0 Å². The predicted molar refractivity (Wildman–Crippen MR) is 53.4 cm³/mol. The van der Waals surface area contributed by atoms with Gasteiger partial charge in [0.2, 0.25) is 0 Å². The van der Waals surface area contributed by atoms with Crippen LogP contribution in [-0.2, 0) is 4.74 Å². The lowest BCUT2D eigenvalue weighted by molar-refractivity contribution is 0.129. The van der Waals surface area contributed by atoms with Gasteiger partial charge in [0, 0.05) is 19.2 Å². The average molecular weight is 171 g/mol. The Morgan fingerprint density at radius 2 is 2.25 bits per heavy atom. The molecule has 0 aromatic rings. The summed E-state index contributed by atoms with van der Waals surface area (Å²) in [6.07, 6.45) is 1.08. The minimum absolute atomic E-state index is 0.521. The Bertz CT molecular complexity index is 123. The maximum atomic E-state index is 5.26. The van der Waals surface area contributed by atoms with E-state index in [0.29, 0.717) is 6.04 Å². The molecule has 1 N–H and O–H groups in total. The zero-order chi connectivity index (χ0) is 9.40. The Balaban J connectivity index is 0.000000561. The van der Waals surface area contributed by atoms with E-state index in [0.717, 1.165) is 26.2 Å². The first-order valence-electron chi connectivity index (χ1n) is 4.80. The second-order valence-electron chi connectivity index (χ2n) is 2.69. The van der Waals surface area contributed by atoms with Gasteiger partial charge in [-0.25, -0.2) is 0 Å². The SMILES string of the molecule is C=C1CNC(COCC)C1.CC. The van der Waals surface area contributed by atoms with Crippen molar-refractivity contribution in [3.05, 3.63) is 12.2 Å². The number of hydrogen-bond donors (Lipinski definition) is 1. The summed E-state index contributed by atoms with van der Waals surface area (Å²) in [6, 6.07) is 0.521. The second kappa shape index (κ2) is 7.32. The number of ether oxygens (including phenoxy) is 1. The summed E-state index contributed by atoms with van der Waals surface area (Å²) < 4.78 is 5.26. The Morgan fingerprint density at radius 1 is 1.58 bits per heavy atom. The van der Waals surface area contributed by atoms with Gasteiger partial charge in [0.15, 0.2) is 0 Å². The van der Waals surface area contributed by atoms with Crippen LogP contribution in [0.2, 0.25) is 0 Å².